The van der Waals surface area contributed by atoms with E-state index in [-0.39, 0.29) is 0 Å². The number of nitrogens with zero attached hydrogens (tertiary/aromatic N) is 4. The molecule has 4 nitrogen and oxygen atoms in total. The first-order chi connectivity index (χ1) is 12.1. The lowest BCUT2D eigenvalue weighted by Gasteiger charge is -2.49. The Labute approximate surface area is 151 Å². The van der Waals surface area contributed by atoms with Gasteiger partial charge in [0.05, 0.1) is 6.20 Å². The minimum absolute atomic E-state index is 0.338. The van der Waals surface area contributed by atoms with E-state index in [0.717, 1.165) is 13.1 Å². The van der Waals surface area contributed by atoms with Gasteiger partial charge in [0.25, 0.3) is 0 Å². The van der Waals surface area contributed by atoms with E-state index in [1.807, 2.05) is 17.9 Å². The lowest BCUT2D eigenvalue weighted by Crippen LogP contribution is -2.53. The predicted molar refractivity (Wildman–Crippen MR) is 101 cm³/mol. The Hall–Kier alpha value is -1.65. The van der Waals surface area contributed by atoms with Gasteiger partial charge in [-0.05, 0) is 50.9 Å². The van der Waals surface area contributed by atoms with Crippen molar-refractivity contribution in [3.05, 3.63) is 53.3 Å². The Balaban J connectivity index is 1.52. The summed E-state index contributed by atoms with van der Waals surface area (Å²) in [5.74, 6) is 0. The summed E-state index contributed by atoms with van der Waals surface area (Å²) in [6.07, 6.45) is 6.66. The molecule has 134 valence electrons. The summed E-state index contributed by atoms with van der Waals surface area (Å²) in [5.41, 5.74) is 4.83. The van der Waals surface area contributed by atoms with Crippen molar-refractivity contribution in [2.75, 3.05) is 19.6 Å². The van der Waals surface area contributed by atoms with Gasteiger partial charge < -0.3 is 0 Å². The molecule has 4 rings (SSSR count). The molecule has 1 aromatic heterocycles. The largest absolute Gasteiger partial charge is 0.299 e. The molecule has 1 saturated heterocycles. The van der Waals surface area contributed by atoms with Crippen molar-refractivity contribution < 1.29 is 0 Å². The van der Waals surface area contributed by atoms with Crippen LogP contribution < -0.4 is 0 Å². The Morgan fingerprint density at radius 1 is 1.16 bits per heavy atom. The molecule has 2 aliphatic rings. The van der Waals surface area contributed by atoms with Crippen molar-refractivity contribution in [2.45, 2.75) is 51.2 Å². The third kappa shape index (κ3) is 3.25. The molecule has 2 aliphatic heterocycles. The molecule has 25 heavy (non-hydrogen) atoms. The molecule has 0 unspecified atom stereocenters. The van der Waals surface area contributed by atoms with Gasteiger partial charge in [0.1, 0.15) is 0 Å². The quantitative estimate of drug-likeness (QED) is 0.859. The van der Waals surface area contributed by atoms with E-state index in [4.69, 9.17) is 0 Å². The van der Waals surface area contributed by atoms with Gasteiger partial charge in [-0.2, -0.15) is 5.10 Å². The fourth-order valence-electron chi connectivity index (χ4n) is 4.67. The first kappa shape index (κ1) is 16.8. The normalized spacial score (nSPS) is 21.0. The van der Waals surface area contributed by atoms with Crippen molar-refractivity contribution in [1.82, 2.24) is 19.6 Å². The lowest BCUT2D eigenvalue weighted by molar-refractivity contribution is 0.0789. The molecular formula is C21H30N4. The summed E-state index contributed by atoms with van der Waals surface area (Å²) in [7, 11) is 1.99. The van der Waals surface area contributed by atoms with E-state index in [2.05, 4.69) is 59.2 Å². The van der Waals surface area contributed by atoms with Crippen LogP contribution in [0.3, 0.4) is 0 Å². The summed E-state index contributed by atoms with van der Waals surface area (Å²) < 4.78 is 1.90. The van der Waals surface area contributed by atoms with E-state index >= 15 is 0 Å². The Bertz CT molecular complexity index is 725. The topological polar surface area (TPSA) is 24.3 Å². The first-order valence-corrected chi connectivity index (χ1v) is 9.58. The van der Waals surface area contributed by atoms with Crippen molar-refractivity contribution >= 4 is 0 Å². The summed E-state index contributed by atoms with van der Waals surface area (Å²) in [6, 6.07) is 9.78. The van der Waals surface area contributed by atoms with Crippen molar-refractivity contribution in [1.29, 1.82) is 0 Å². The molecule has 3 heterocycles. The lowest BCUT2D eigenvalue weighted by atomic mass is 9.68. The molecule has 0 aliphatic carbocycles. The number of aryl methyl sites for hydroxylation is 1. The van der Waals surface area contributed by atoms with E-state index in [1.54, 1.807) is 11.1 Å². The SMILES string of the molecule is CC(C)N1Cc2ccccc2C2(CCN(Cc3cnn(C)c3)CC2)C1. The molecule has 0 saturated carbocycles. The predicted octanol–water partition coefficient (Wildman–Crippen LogP) is 3.18. The van der Waals surface area contributed by atoms with Crippen molar-refractivity contribution in [3.8, 4) is 0 Å². The van der Waals surface area contributed by atoms with Gasteiger partial charge in [0, 0.05) is 49.9 Å². The molecule has 0 radical (unpaired) electrons. The van der Waals surface area contributed by atoms with Crippen LogP contribution in [0.1, 0.15) is 43.4 Å². The van der Waals surface area contributed by atoms with Crippen LogP contribution in [0.25, 0.3) is 0 Å². The van der Waals surface area contributed by atoms with Gasteiger partial charge in [0.2, 0.25) is 0 Å². The zero-order valence-electron chi connectivity index (χ0n) is 15.8. The smallest absolute Gasteiger partial charge is 0.0534 e. The number of hydrogen-bond donors (Lipinski definition) is 0. The maximum Gasteiger partial charge on any atom is 0.0534 e. The number of fused-ring (bicyclic) bond motifs is 2. The van der Waals surface area contributed by atoms with Gasteiger partial charge in [-0.3, -0.25) is 14.5 Å². The summed E-state index contributed by atoms with van der Waals surface area (Å²) in [5, 5.41) is 4.31. The second-order valence-corrected chi connectivity index (χ2v) is 8.23. The minimum Gasteiger partial charge on any atom is -0.299 e. The van der Waals surface area contributed by atoms with Crippen LogP contribution in [0.4, 0.5) is 0 Å². The van der Waals surface area contributed by atoms with Crippen molar-refractivity contribution in [3.63, 3.8) is 0 Å². The van der Waals surface area contributed by atoms with Crippen LogP contribution in [0, 0.1) is 0 Å². The minimum atomic E-state index is 0.338. The molecule has 0 amide bonds. The van der Waals surface area contributed by atoms with Crippen LogP contribution in [0.5, 0.6) is 0 Å². The van der Waals surface area contributed by atoms with E-state index in [0.29, 0.717) is 11.5 Å². The highest BCUT2D eigenvalue weighted by Crippen LogP contribution is 2.42. The van der Waals surface area contributed by atoms with Crippen LogP contribution in [0.2, 0.25) is 0 Å². The molecule has 1 aromatic carbocycles. The summed E-state index contributed by atoms with van der Waals surface area (Å²) in [6.45, 7) is 10.4. The summed E-state index contributed by atoms with van der Waals surface area (Å²) in [4.78, 5) is 5.26. The standard InChI is InChI=1S/C21H30N4/c1-17(2)25-15-19-6-4-5-7-20(19)21(16-25)8-10-24(11-9-21)14-18-12-22-23(3)13-18/h4-7,12-13,17H,8-11,14-16H2,1-3H3. The monoisotopic (exact) mass is 338 g/mol. The van der Waals surface area contributed by atoms with Gasteiger partial charge in [-0.25, -0.2) is 0 Å². The molecular weight excluding hydrogens is 308 g/mol. The molecule has 1 fully saturated rings. The van der Waals surface area contributed by atoms with E-state index < -0.39 is 0 Å². The maximum atomic E-state index is 4.31. The third-order valence-corrected chi connectivity index (χ3v) is 6.18. The number of piperidine rings is 1. The highest BCUT2D eigenvalue weighted by atomic mass is 15.2. The van der Waals surface area contributed by atoms with Gasteiger partial charge in [0.15, 0.2) is 0 Å². The highest BCUT2D eigenvalue weighted by Gasteiger charge is 2.42. The van der Waals surface area contributed by atoms with Crippen LogP contribution in [0.15, 0.2) is 36.7 Å². The van der Waals surface area contributed by atoms with Crippen LogP contribution >= 0.6 is 0 Å². The molecule has 0 bridgehead atoms. The van der Waals surface area contributed by atoms with Crippen LogP contribution in [-0.2, 0) is 25.6 Å². The molecule has 2 aromatic rings. The van der Waals surface area contributed by atoms with Crippen molar-refractivity contribution in [2.24, 2.45) is 7.05 Å². The molecule has 0 N–H and O–H groups in total. The van der Waals surface area contributed by atoms with Gasteiger partial charge >= 0.3 is 0 Å². The number of likely N-dealkylation sites (tertiary alicyclic amines) is 1. The van der Waals surface area contributed by atoms with E-state index in [9.17, 15) is 0 Å². The van der Waals surface area contributed by atoms with E-state index in [1.165, 1.54) is 38.0 Å². The third-order valence-electron chi connectivity index (χ3n) is 6.18. The van der Waals surface area contributed by atoms with Gasteiger partial charge in [-0.1, -0.05) is 24.3 Å². The Kier molecular flexibility index (Phi) is 4.42. The zero-order valence-corrected chi connectivity index (χ0v) is 15.8. The number of aromatic nitrogens is 2. The fraction of sp³-hybridized carbons (Fsp3) is 0.571. The molecule has 0 atom stereocenters. The van der Waals surface area contributed by atoms with Crippen LogP contribution in [-0.4, -0.2) is 45.3 Å². The second kappa shape index (κ2) is 6.58. The highest BCUT2D eigenvalue weighted by molar-refractivity contribution is 5.38. The molecule has 4 heteroatoms. The Morgan fingerprint density at radius 3 is 2.60 bits per heavy atom. The zero-order chi connectivity index (χ0) is 17.4. The number of benzene rings is 1. The maximum absolute atomic E-state index is 4.31. The average Bonchev–Trinajstić information content (AvgIpc) is 3.02. The number of rotatable bonds is 3. The average molecular weight is 338 g/mol. The fourth-order valence-corrected chi connectivity index (χ4v) is 4.67. The summed E-state index contributed by atoms with van der Waals surface area (Å²) >= 11 is 0. The molecule has 1 spiro atoms. The second-order valence-electron chi connectivity index (χ2n) is 8.23. The van der Waals surface area contributed by atoms with Gasteiger partial charge in [-0.15, -0.1) is 0 Å². The number of hydrogen-bond acceptors (Lipinski definition) is 3. The Morgan fingerprint density at radius 2 is 1.92 bits per heavy atom. The first-order valence-electron chi connectivity index (χ1n) is 9.58.